The maximum atomic E-state index is 11.9. The number of carbonyl (C=O) groups excluding carboxylic acids is 4. The monoisotopic (exact) mass is 393 g/mol. The number of imide groups is 1. The molecule has 10 heteroatoms. The minimum Gasteiger partial charge on any atom is -0.493 e. The van der Waals surface area contributed by atoms with Crippen molar-refractivity contribution in [3.05, 3.63) is 18.2 Å². The average molecular weight is 393 g/mol. The molecule has 1 aliphatic heterocycles. The SMILES string of the molecule is COc1ccc(NC(=O)COC(=O)CCCN2C(=O)CN(C)C2=O)cc1OC. The zero-order valence-corrected chi connectivity index (χ0v) is 16.0. The van der Waals surface area contributed by atoms with Gasteiger partial charge < -0.3 is 24.4 Å². The highest BCUT2D eigenvalue weighted by atomic mass is 16.5. The van der Waals surface area contributed by atoms with Crippen LogP contribution in [-0.4, -0.2) is 74.6 Å². The largest absolute Gasteiger partial charge is 0.493 e. The summed E-state index contributed by atoms with van der Waals surface area (Å²) in [7, 11) is 4.52. The number of nitrogens with one attached hydrogen (secondary N) is 1. The molecular formula is C18H23N3O7. The minimum absolute atomic E-state index is 0.00951. The quantitative estimate of drug-likeness (QED) is 0.489. The molecule has 28 heavy (non-hydrogen) atoms. The summed E-state index contributed by atoms with van der Waals surface area (Å²) < 4.78 is 15.2. The number of nitrogens with zero attached hydrogens (tertiary/aromatic N) is 2. The molecule has 1 aromatic rings. The fourth-order valence-corrected chi connectivity index (χ4v) is 2.60. The molecule has 1 aliphatic rings. The third-order valence-electron chi connectivity index (χ3n) is 4.03. The highest BCUT2D eigenvalue weighted by Gasteiger charge is 2.32. The number of benzene rings is 1. The van der Waals surface area contributed by atoms with E-state index in [4.69, 9.17) is 14.2 Å². The standard InChI is InChI=1S/C18H23N3O7/c1-20-10-16(23)21(18(20)25)8-4-5-17(24)28-11-15(22)19-12-6-7-13(26-2)14(9-12)27-3/h6-7,9H,4-5,8,10-11H2,1-3H3,(H,19,22). The van der Waals surface area contributed by atoms with Crippen molar-refractivity contribution in [3.63, 3.8) is 0 Å². The molecule has 0 radical (unpaired) electrons. The first kappa shape index (κ1) is 21.0. The molecule has 4 amide bonds. The van der Waals surface area contributed by atoms with Crippen molar-refractivity contribution in [2.75, 3.05) is 46.3 Å². The number of rotatable bonds is 9. The topological polar surface area (TPSA) is 114 Å². The van der Waals surface area contributed by atoms with E-state index in [0.717, 1.165) is 4.90 Å². The van der Waals surface area contributed by atoms with Gasteiger partial charge in [0.25, 0.3) is 5.91 Å². The van der Waals surface area contributed by atoms with Crippen LogP contribution >= 0.6 is 0 Å². The van der Waals surface area contributed by atoms with Crippen molar-refractivity contribution in [2.45, 2.75) is 12.8 Å². The van der Waals surface area contributed by atoms with Crippen LogP contribution in [0.15, 0.2) is 18.2 Å². The number of hydrogen-bond acceptors (Lipinski definition) is 7. The first-order chi connectivity index (χ1) is 13.3. The molecule has 0 unspecified atom stereocenters. The summed E-state index contributed by atoms with van der Waals surface area (Å²) in [5.41, 5.74) is 0.467. The molecule has 10 nitrogen and oxygen atoms in total. The Morgan fingerprint density at radius 1 is 1.14 bits per heavy atom. The van der Waals surface area contributed by atoms with Gasteiger partial charge in [0.05, 0.1) is 14.2 Å². The van der Waals surface area contributed by atoms with Crippen LogP contribution in [0.2, 0.25) is 0 Å². The lowest BCUT2D eigenvalue weighted by atomic mass is 10.2. The Hall–Kier alpha value is -3.30. The molecule has 1 fully saturated rings. The molecule has 0 aliphatic carbocycles. The number of urea groups is 1. The smallest absolute Gasteiger partial charge is 0.326 e. The van der Waals surface area contributed by atoms with Crippen molar-refractivity contribution < 1.29 is 33.4 Å². The van der Waals surface area contributed by atoms with E-state index in [1.54, 1.807) is 18.2 Å². The number of hydrogen-bond donors (Lipinski definition) is 1. The number of esters is 1. The summed E-state index contributed by atoms with van der Waals surface area (Å²) in [5.74, 6) is -0.417. The van der Waals surface area contributed by atoms with Crippen molar-refractivity contribution in [3.8, 4) is 11.5 Å². The van der Waals surface area contributed by atoms with Crippen molar-refractivity contribution in [1.82, 2.24) is 9.80 Å². The highest BCUT2D eigenvalue weighted by Crippen LogP contribution is 2.29. The summed E-state index contributed by atoms with van der Waals surface area (Å²) in [4.78, 5) is 49.4. The van der Waals surface area contributed by atoms with Gasteiger partial charge in [0.2, 0.25) is 5.91 Å². The minimum atomic E-state index is -0.588. The number of amides is 4. The third kappa shape index (κ3) is 5.35. The lowest BCUT2D eigenvalue weighted by Crippen LogP contribution is -2.32. The van der Waals surface area contributed by atoms with Gasteiger partial charge in [0.1, 0.15) is 6.54 Å². The highest BCUT2D eigenvalue weighted by molar-refractivity contribution is 6.01. The summed E-state index contributed by atoms with van der Waals surface area (Å²) >= 11 is 0. The molecular weight excluding hydrogens is 370 g/mol. The summed E-state index contributed by atoms with van der Waals surface area (Å²) in [6.45, 7) is -0.272. The summed E-state index contributed by atoms with van der Waals surface area (Å²) in [6.07, 6.45) is 0.256. The normalized spacial score (nSPS) is 13.5. The Labute approximate surface area is 162 Å². The fourth-order valence-electron chi connectivity index (χ4n) is 2.60. The lowest BCUT2D eigenvalue weighted by Gasteiger charge is -2.13. The van der Waals surface area contributed by atoms with Crippen LogP contribution in [-0.2, 0) is 19.1 Å². The van der Waals surface area contributed by atoms with Crippen LogP contribution in [0, 0.1) is 0 Å². The van der Waals surface area contributed by atoms with Crippen molar-refractivity contribution in [2.24, 2.45) is 0 Å². The van der Waals surface area contributed by atoms with E-state index in [9.17, 15) is 19.2 Å². The number of carbonyl (C=O) groups is 4. The molecule has 0 spiro atoms. The Bertz CT molecular complexity index is 766. The van der Waals surface area contributed by atoms with Gasteiger partial charge in [0, 0.05) is 31.8 Å². The van der Waals surface area contributed by atoms with Gasteiger partial charge >= 0.3 is 12.0 Å². The Balaban J connectivity index is 1.72. The van der Waals surface area contributed by atoms with Crippen LogP contribution in [0.3, 0.4) is 0 Å². The van der Waals surface area contributed by atoms with Crippen molar-refractivity contribution in [1.29, 1.82) is 0 Å². The Morgan fingerprint density at radius 3 is 2.46 bits per heavy atom. The van der Waals surface area contributed by atoms with Crippen LogP contribution in [0.1, 0.15) is 12.8 Å². The number of ether oxygens (including phenoxy) is 3. The van der Waals surface area contributed by atoms with Gasteiger partial charge in [-0.15, -0.1) is 0 Å². The van der Waals surface area contributed by atoms with Gasteiger partial charge in [-0.3, -0.25) is 19.3 Å². The van der Waals surface area contributed by atoms with Gasteiger partial charge in [-0.05, 0) is 18.6 Å². The molecule has 1 heterocycles. The number of methoxy groups -OCH3 is 2. The predicted octanol–water partition coefficient (Wildman–Crippen LogP) is 0.860. The lowest BCUT2D eigenvalue weighted by molar-refractivity contribution is -0.147. The zero-order chi connectivity index (χ0) is 20.7. The second kappa shape index (κ2) is 9.58. The zero-order valence-electron chi connectivity index (χ0n) is 16.0. The maximum absolute atomic E-state index is 11.9. The molecule has 1 aromatic carbocycles. The summed E-state index contributed by atoms with van der Waals surface area (Å²) in [5, 5.41) is 2.59. The molecule has 152 valence electrons. The van der Waals surface area contributed by atoms with Crippen LogP contribution < -0.4 is 14.8 Å². The van der Waals surface area contributed by atoms with E-state index in [2.05, 4.69) is 5.32 Å². The molecule has 2 rings (SSSR count). The van der Waals surface area contributed by atoms with Gasteiger partial charge in [-0.1, -0.05) is 0 Å². The molecule has 0 saturated carbocycles. The van der Waals surface area contributed by atoms with Gasteiger partial charge in [-0.25, -0.2) is 4.79 Å². The van der Waals surface area contributed by atoms with E-state index in [0.29, 0.717) is 17.2 Å². The molecule has 0 bridgehead atoms. The number of likely N-dealkylation sites (N-methyl/N-ethyl adjacent to an activating group) is 1. The van der Waals surface area contributed by atoms with Crippen molar-refractivity contribution >= 4 is 29.5 Å². The van der Waals surface area contributed by atoms with E-state index in [-0.39, 0.29) is 37.9 Å². The van der Waals surface area contributed by atoms with Crippen LogP contribution in [0.4, 0.5) is 10.5 Å². The number of anilines is 1. The summed E-state index contributed by atoms with van der Waals surface area (Å²) in [6, 6.07) is 4.47. The Kier molecular flexibility index (Phi) is 7.19. The third-order valence-corrected chi connectivity index (χ3v) is 4.03. The van der Waals surface area contributed by atoms with Gasteiger partial charge in [-0.2, -0.15) is 0 Å². The van der Waals surface area contributed by atoms with E-state index in [1.807, 2.05) is 0 Å². The van der Waals surface area contributed by atoms with Crippen LogP contribution in [0.25, 0.3) is 0 Å². The second-order valence-electron chi connectivity index (χ2n) is 6.07. The molecule has 0 atom stereocenters. The average Bonchev–Trinajstić information content (AvgIpc) is 2.92. The second-order valence-corrected chi connectivity index (χ2v) is 6.07. The molecule has 0 aromatic heterocycles. The first-order valence-electron chi connectivity index (χ1n) is 8.58. The Morgan fingerprint density at radius 2 is 1.86 bits per heavy atom. The van der Waals surface area contributed by atoms with Gasteiger partial charge in [0.15, 0.2) is 18.1 Å². The first-order valence-corrected chi connectivity index (χ1v) is 8.58. The molecule has 1 saturated heterocycles. The predicted molar refractivity (Wildman–Crippen MR) is 98.1 cm³/mol. The molecule has 1 N–H and O–H groups in total. The maximum Gasteiger partial charge on any atom is 0.326 e. The van der Waals surface area contributed by atoms with E-state index < -0.39 is 18.5 Å². The fraction of sp³-hybridized carbons (Fsp3) is 0.444. The van der Waals surface area contributed by atoms with E-state index in [1.165, 1.54) is 26.2 Å². The van der Waals surface area contributed by atoms with E-state index >= 15 is 0 Å². The van der Waals surface area contributed by atoms with Crippen LogP contribution in [0.5, 0.6) is 11.5 Å².